The van der Waals surface area contributed by atoms with Crippen molar-refractivity contribution in [2.45, 2.75) is 25.5 Å². The maximum Gasteiger partial charge on any atom is 0.0233 e. The number of alkyl halides is 1. The van der Waals surface area contributed by atoms with Gasteiger partial charge in [-0.2, -0.15) is 11.8 Å². The third-order valence-electron chi connectivity index (χ3n) is 1.30. The molecule has 11 heavy (non-hydrogen) atoms. The maximum atomic E-state index is 5.59. The fraction of sp³-hybridized carbons (Fsp3) is 0.750. The highest BCUT2D eigenvalue weighted by Gasteiger charge is 2.00. The summed E-state index contributed by atoms with van der Waals surface area (Å²) in [4.78, 5) is 0. The highest BCUT2D eigenvalue weighted by molar-refractivity contribution is 8.00. The zero-order valence-corrected chi connectivity index (χ0v) is 9.27. The van der Waals surface area contributed by atoms with Gasteiger partial charge in [0, 0.05) is 22.4 Å². The molecule has 0 heterocycles. The van der Waals surface area contributed by atoms with Crippen LogP contribution in [0.1, 0.15) is 20.3 Å². The molecule has 66 valence electrons. The molecule has 0 aromatic carbocycles. The summed E-state index contributed by atoms with van der Waals surface area (Å²) < 4.78 is 0. The third kappa shape index (κ3) is 7.04. The molecule has 0 amide bonds. The van der Waals surface area contributed by atoms with Crippen molar-refractivity contribution in [3.05, 3.63) is 11.1 Å². The van der Waals surface area contributed by atoms with E-state index in [-0.39, 0.29) is 0 Å². The summed E-state index contributed by atoms with van der Waals surface area (Å²) in [5, 5.41) is 0.638. The minimum atomic E-state index is 0.638. The predicted molar refractivity (Wildman–Crippen MR) is 56.9 cm³/mol. The SMILES string of the molecule is CC(=CCl)CSC(C)CCCl. The van der Waals surface area contributed by atoms with Gasteiger partial charge in [0.15, 0.2) is 0 Å². The second-order valence-electron chi connectivity index (χ2n) is 2.55. The molecule has 1 atom stereocenters. The minimum absolute atomic E-state index is 0.638. The average Bonchev–Trinajstić information content (AvgIpc) is 2.01. The van der Waals surface area contributed by atoms with Crippen LogP contribution >= 0.6 is 35.0 Å². The second-order valence-corrected chi connectivity index (χ2v) is 4.58. The lowest BCUT2D eigenvalue weighted by Gasteiger charge is -2.08. The lowest BCUT2D eigenvalue weighted by Crippen LogP contribution is -1.98. The number of halogens is 2. The molecule has 0 nitrogen and oxygen atoms in total. The van der Waals surface area contributed by atoms with E-state index in [1.165, 1.54) is 5.57 Å². The van der Waals surface area contributed by atoms with Crippen LogP contribution in [0.5, 0.6) is 0 Å². The molecule has 0 saturated carbocycles. The van der Waals surface area contributed by atoms with Gasteiger partial charge in [0.1, 0.15) is 0 Å². The van der Waals surface area contributed by atoms with Crippen LogP contribution in [0.2, 0.25) is 0 Å². The summed E-state index contributed by atoms with van der Waals surface area (Å²) in [5.74, 6) is 1.76. The Kier molecular flexibility index (Phi) is 7.77. The van der Waals surface area contributed by atoms with Gasteiger partial charge >= 0.3 is 0 Å². The molecule has 0 aliphatic rings. The molecule has 0 fully saturated rings. The highest BCUT2D eigenvalue weighted by Crippen LogP contribution is 2.17. The van der Waals surface area contributed by atoms with Gasteiger partial charge in [-0.05, 0) is 13.3 Å². The van der Waals surface area contributed by atoms with Gasteiger partial charge in [0.05, 0.1) is 0 Å². The standard InChI is InChI=1S/C8H14Cl2S/c1-7(5-10)6-11-8(2)3-4-9/h5,8H,3-4,6H2,1-2H3. The van der Waals surface area contributed by atoms with E-state index in [0.717, 1.165) is 18.1 Å². The number of hydrogen-bond donors (Lipinski definition) is 0. The van der Waals surface area contributed by atoms with Gasteiger partial charge in [-0.3, -0.25) is 0 Å². The molecule has 0 aromatic heterocycles. The molecule has 0 aliphatic carbocycles. The Morgan fingerprint density at radius 1 is 1.64 bits per heavy atom. The quantitative estimate of drug-likeness (QED) is 0.624. The Bertz CT molecular complexity index is 123. The first-order chi connectivity index (χ1) is 5.20. The van der Waals surface area contributed by atoms with Crippen LogP contribution in [-0.4, -0.2) is 16.9 Å². The maximum absolute atomic E-state index is 5.59. The molecule has 0 bridgehead atoms. The molecule has 0 rings (SSSR count). The van der Waals surface area contributed by atoms with E-state index in [1.54, 1.807) is 5.54 Å². The molecule has 0 spiro atoms. The first-order valence-corrected chi connectivity index (χ1v) is 5.66. The number of rotatable bonds is 5. The number of hydrogen-bond acceptors (Lipinski definition) is 1. The minimum Gasteiger partial charge on any atom is -0.154 e. The van der Waals surface area contributed by atoms with E-state index in [2.05, 4.69) is 6.92 Å². The molecule has 0 aliphatic heterocycles. The normalized spacial score (nSPS) is 15.1. The molecule has 1 unspecified atom stereocenters. The van der Waals surface area contributed by atoms with Crippen molar-refractivity contribution < 1.29 is 0 Å². The Hall–Kier alpha value is 0.670. The molecule has 0 radical (unpaired) electrons. The highest BCUT2D eigenvalue weighted by atomic mass is 35.5. The van der Waals surface area contributed by atoms with Crippen LogP contribution in [0.4, 0.5) is 0 Å². The topological polar surface area (TPSA) is 0 Å². The van der Waals surface area contributed by atoms with Crippen LogP contribution in [-0.2, 0) is 0 Å². The molecular formula is C8H14Cl2S. The molecular weight excluding hydrogens is 199 g/mol. The van der Waals surface area contributed by atoms with E-state index in [1.807, 2.05) is 18.7 Å². The van der Waals surface area contributed by atoms with E-state index >= 15 is 0 Å². The van der Waals surface area contributed by atoms with Crippen molar-refractivity contribution in [2.24, 2.45) is 0 Å². The monoisotopic (exact) mass is 212 g/mol. The van der Waals surface area contributed by atoms with Crippen molar-refractivity contribution in [3.8, 4) is 0 Å². The lowest BCUT2D eigenvalue weighted by molar-refractivity contribution is 0.913. The fourth-order valence-electron chi connectivity index (χ4n) is 0.542. The second kappa shape index (κ2) is 7.33. The molecule has 0 N–H and O–H groups in total. The van der Waals surface area contributed by atoms with Gasteiger partial charge in [0.25, 0.3) is 0 Å². The Morgan fingerprint density at radius 2 is 2.27 bits per heavy atom. The summed E-state index contributed by atoms with van der Waals surface area (Å²) in [5.41, 5.74) is 2.86. The van der Waals surface area contributed by atoms with Gasteiger partial charge in [-0.25, -0.2) is 0 Å². The van der Waals surface area contributed by atoms with Gasteiger partial charge < -0.3 is 0 Å². The largest absolute Gasteiger partial charge is 0.154 e. The summed E-state index contributed by atoms with van der Waals surface area (Å²) in [7, 11) is 0. The lowest BCUT2D eigenvalue weighted by atomic mass is 10.4. The Balaban J connectivity index is 3.37. The van der Waals surface area contributed by atoms with Gasteiger partial charge in [-0.15, -0.1) is 11.6 Å². The van der Waals surface area contributed by atoms with Crippen molar-refractivity contribution in [2.75, 3.05) is 11.6 Å². The van der Waals surface area contributed by atoms with Crippen molar-refractivity contribution >= 4 is 35.0 Å². The van der Waals surface area contributed by atoms with Crippen molar-refractivity contribution in [3.63, 3.8) is 0 Å². The first-order valence-electron chi connectivity index (χ1n) is 3.64. The van der Waals surface area contributed by atoms with Gasteiger partial charge in [0.2, 0.25) is 0 Å². The van der Waals surface area contributed by atoms with Crippen molar-refractivity contribution in [1.29, 1.82) is 0 Å². The molecule has 3 heteroatoms. The summed E-state index contributed by atoms with van der Waals surface area (Å²) in [6.45, 7) is 4.22. The van der Waals surface area contributed by atoms with Crippen LogP contribution in [0.3, 0.4) is 0 Å². The van der Waals surface area contributed by atoms with Gasteiger partial charge in [-0.1, -0.05) is 24.1 Å². The summed E-state index contributed by atoms with van der Waals surface area (Å²) >= 11 is 13.0. The molecule has 0 aromatic rings. The zero-order chi connectivity index (χ0) is 8.69. The van der Waals surface area contributed by atoms with Crippen LogP contribution in [0.25, 0.3) is 0 Å². The van der Waals surface area contributed by atoms with Crippen molar-refractivity contribution in [1.82, 2.24) is 0 Å². The predicted octanol–water partition coefficient (Wildman–Crippen LogP) is 3.88. The summed E-state index contributed by atoms with van der Waals surface area (Å²) in [6, 6.07) is 0. The zero-order valence-electron chi connectivity index (χ0n) is 6.94. The Labute approximate surface area is 83.3 Å². The van der Waals surface area contributed by atoms with E-state index in [4.69, 9.17) is 23.2 Å². The van der Waals surface area contributed by atoms with E-state index < -0.39 is 0 Å². The van der Waals surface area contributed by atoms with Crippen LogP contribution < -0.4 is 0 Å². The van der Waals surface area contributed by atoms with Crippen LogP contribution in [0, 0.1) is 0 Å². The summed E-state index contributed by atoms with van der Waals surface area (Å²) in [6.07, 6.45) is 1.07. The smallest absolute Gasteiger partial charge is 0.0233 e. The Morgan fingerprint density at radius 3 is 2.73 bits per heavy atom. The van der Waals surface area contributed by atoms with E-state index in [0.29, 0.717) is 5.25 Å². The molecule has 0 saturated heterocycles. The third-order valence-corrected chi connectivity index (χ3v) is 3.31. The van der Waals surface area contributed by atoms with E-state index in [9.17, 15) is 0 Å². The average molecular weight is 213 g/mol. The first kappa shape index (κ1) is 11.7. The van der Waals surface area contributed by atoms with Crippen LogP contribution in [0.15, 0.2) is 11.1 Å². The number of thioether (sulfide) groups is 1. The fourth-order valence-corrected chi connectivity index (χ4v) is 2.08.